The fourth-order valence-corrected chi connectivity index (χ4v) is 4.15. The first-order chi connectivity index (χ1) is 15.6. The van der Waals surface area contributed by atoms with Crippen LogP contribution in [0.1, 0.15) is 17.0 Å². The van der Waals surface area contributed by atoms with E-state index in [-0.39, 0.29) is 6.03 Å². The summed E-state index contributed by atoms with van der Waals surface area (Å²) in [6.45, 7) is 7.63. The van der Waals surface area contributed by atoms with Gasteiger partial charge in [-0.3, -0.25) is 0 Å². The Morgan fingerprint density at radius 1 is 1.06 bits per heavy atom. The van der Waals surface area contributed by atoms with E-state index in [9.17, 15) is 4.79 Å². The molecule has 3 heterocycles. The number of aromatic nitrogens is 3. The smallest absolute Gasteiger partial charge is 0.317 e. The molecule has 1 aromatic carbocycles. The molecule has 8 heteroatoms. The number of hydrogen-bond acceptors (Lipinski definition) is 5. The van der Waals surface area contributed by atoms with Crippen LogP contribution in [0.3, 0.4) is 0 Å². The highest BCUT2D eigenvalue weighted by Gasteiger charge is 2.25. The second-order valence-corrected chi connectivity index (χ2v) is 7.92. The van der Waals surface area contributed by atoms with Crippen LogP contribution in [0.25, 0.3) is 5.82 Å². The number of nitrogens with zero attached hydrogens (tertiary/aromatic N) is 5. The summed E-state index contributed by atoms with van der Waals surface area (Å²) in [5.41, 5.74) is 4.35. The van der Waals surface area contributed by atoms with Gasteiger partial charge in [0.1, 0.15) is 5.75 Å². The quantitative estimate of drug-likeness (QED) is 0.646. The van der Waals surface area contributed by atoms with Gasteiger partial charge in [0.2, 0.25) is 0 Å². The lowest BCUT2D eigenvalue weighted by Gasteiger charge is -2.36. The summed E-state index contributed by atoms with van der Waals surface area (Å²) in [5, 5.41) is 7.75. The van der Waals surface area contributed by atoms with Gasteiger partial charge in [-0.25, -0.2) is 14.5 Å². The van der Waals surface area contributed by atoms with Crippen molar-refractivity contribution >= 4 is 11.7 Å². The van der Waals surface area contributed by atoms with Gasteiger partial charge in [-0.05, 0) is 50.1 Å². The zero-order valence-corrected chi connectivity index (χ0v) is 18.9. The number of amides is 2. The minimum Gasteiger partial charge on any atom is -0.497 e. The summed E-state index contributed by atoms with van der Waals surface area (Å²) in [4.78, 5) is 21.2. The van der Waals surface area contributed by atoms with E-state index in [1.54, 1.807) is 13.3 Å². The molecule has 3 aromatic rings. The van der Waals surface area contributed by atoms with Gasteiger partial charge < -0.3 is 19.9 Å². The van der Waals surface area contributed by atoms with Gasteiger partial charge >= 0.3 is 6.03 Å². The zero-order chi connectivity index (χ0) is 22.5. The average Bonchev–Trinajstić information content (AvgIpc) is 3.14. The van der Waals surface area contributed by atoms with Crippen molar-refractivity contribution in [3.8, 4) is 11.6 Å². The lowest BCUT2D eigenvalue weighted by atomic mass is 10.1. The highest BCUT2D eigenvalue weighted by molar-refractivity contribution is 5.74. The molecule has 0 radical (unpaired) electrons. The first-order valence-corrected chi connectivity index (χ1v) is 10.9. The molecular weight excluding hydrogens is 404 g/mol. The van der Waals surface area contributed by atoms with Crippen molar-refractivity contribution in [3.05, 3.63) is 65.6 Å². The minimum absolute atomic E-state index is 0.00390. The minimum atomic E-state index is -0.00390. The Labute approximate surface area is 188 Å². The molecule has 2 amide bonds. The van der Waals surface area contributed by atoms with Crippen LogP contribution in [0.2, 0.25) is 0 Å². The topological polar surface area (TPSA) is 75.5 Å². The van der Waals surface area contributed by atoms with Crippen molar-refractivity contribution in [2.45, 2.75) is 20.3 Å². The molecule has 1 saturated heterocycles. The highest BCUT2D eigenvalue weighted by atomic mass is 16.5. The number of ether oxygens (including phenoxy) is 1. The standard InChI is InChI=1S/C24H30N6O2/c1-18-23(19(2)30(27-18)22-6-4-5-12-25-22)28-14-16-29(17-15-28)24(31)26-13-11-20-7-9-21(32-3)10-8-20/h4-10,12H,11,13-17H2,1-3H3,(H,26,31). The SMILES string of the molecule is COc1ccc(CCNC(=O)N2CCN(c3c(C)nn(-c4ccccn4)c3C)CC2)cc1. The number of anilines is 1. The fourth-order valence-electron chi connectivity index (χ4n) is 4.15. The molecule has 0 saturated carbocycles. The normalized spacial score (nSPS) is 13.8. The maximum Gasteiger partial charge on any atom is 0.317 e. The molecule has 0 aliphatic carbocycles. The van der Waals surface area contributed by atoms with E-state index in [4.69, 9.17) is 9.84 Å². The van der Waals surface area contributed by atoms with Gasteiger partial charge in [-0.15, -0.1) is 0 Å². The lowest BCUT2D eigenvalue weighted by Crippen LogP contribution is -2.52. The third-order valence-electron chi connectivity index (χ3n) is 5.85. The van der Waals surface area contributed by atoms with E-state index in [0.29, 0.717) is 19.6 Å². The molecule has 1 aliphatic rings. The zero-order valence-electron chi connectivity index (χ0n) is 18.9. The van der Waals surface area contributed by atoms with E-state index in [1.807, 2.05) is 59.0 Å². The van der Waals surface area contributed by atoms with Gasteiger partial charge in [0.05, 0.1) is 24.2 Å². The summed E-state index contributed by atoms with van der Waals surface area (Å²) >= 11 is 0. The lowest BCUT2D eigenvalue weighted by molar-refractivity contribution is 0.194. The number of aryl methyl sites for hydroxylation is 1. The number of nitrogens with one attached hydrogen (secondary N) is 1. The molecule has 1 aliphatic heterocycles. The first-order valence-electron chi connectivity index (χ1n) is 10.9. The van der Waals surface area contributed by atoms with Crippen molar-refractivity contribution in [2.24, 2.45) is 0 Å². The van der Waals surface area contributed by atoms with E-state index in [1.165, 1.54) is 5.56 Å². The van der Waals surface area contributed by atoms with E-state index in [2.05, 4.69) is 22.1 Å². The third-order valence-corrected chi connectivity index (χ3v) is 5.85. The Hall–Kier alpha value is -3.55. The molecule has 168 valence electrons. The van der Waals surface area contributed by atoms with Crippen LogP contribution in [0.15, 0.2) is 48.7 Å². The molecule has 0 atom stereocenters. The van der Waals surface area contributed by atoms with Crippen molar-refractivity contribution in [1.29, 1.82) is 0 Å². The van der Waals surface area contributed by atoms with Gasteiger partial charge in [-0.2, -0.15) is 5.10 Å². The first kappa shape index (κ1) is 21.7. The number of urea groups is 1. The molecule has 32 heavy (non-hydrogen) atoms. The predicted octanol–water partition coefficient (Wildman–Crippen LogP) is 2.97. The third kappa shape index (κ3) is 4.69. The monoisotopic (exact) mass is 434 g/mol. The Morgan fingerprint density at radius 3 is 2.47 bits per heavy atom. The summed E-state index contributed by atoms with van der Waals surface area (Å²) < 4.78 is 7.07. The van der Waals surface area contributed by atoms with Crippen LogP contribution in [-0.2, 0) is 6.42 Å². The number of rotatable bonds is 6. The van der Waals surface area contributed by atoms with Gasteiger partial charge in [0.15, 0.2) is 5.82 Å². The Balaban J connectivity index is 1.30. The van der Waals surface area contributed by atoms with Crippen molar-refractivity contribution in [1.82, 2.24) is 25.0 Å². The molecule has 4 rings (SSSR count). The largest absolute Gasteiger partial charge is 0.497 e. The fraction of sp³-hybridized carbons (Fsp3) is 0.375. The molecule has 1 fully saturated rings. The number of pyridine rings is 1. The van der Waals surface area contributed by atoms with Gasteiger partial charge in [-0.1, -0.05) is 18.2 Å². The van der Waals surface area contributed by atoms with Crippen LogP contribution in [0.4, 0.5) is 10.5 Å². The van der Waals surface area contributed by atoms with Crippen molar-refractivity contribution < 1.29 is 9.53 Å². The van der Waals surface area contributed by atoms with Crippen molar-refractivity contribution in [2.75, 3.05) is 44.7 Å². The maximum atomic E-state index is 12.6. The average molecular weight is 435 g/mol. The van der Waals surface area contributed by atoms with Crippen LogP contribution >= 0.6 is 0 Å². The molecule has 0 spiro atoms. The summed E-state index contributed by atoms with van der Waals surface area (Å²) in [6, 6.07) is 13.8. The molecule has 0 bridgehead atoms. The van der Waals surface area contributed by atoms with Crippen LogP contribution in [0.5, 0.6) is 5.75 Å². The predicted molar refractivity (Wildman–Crippen MR) is 125 cm³/mol. The number of benzene rings is 1. The molecular formula is C24H30N6O2. The van der Waals surface area contributed by atoms with Gasteiger partial charge in [0.25, 0.3) is 0 Å². The number of carbonyl (C=O) groups is 1. The Morgan fingerprint density at radius 2 is 1.81 bits per heavy atom. The number of methoxy groups -OCH3 is 1. The van der Waals surface area contributed by atoms with E-state index >= 15 is 0 Å². The molecule has 0 unspecified atom stereocenters. The molecule has 2 aromatic heterocycles. The van der Waals surface area contributed by atoms with Crippen molar-refractivity contribution in [3.63, 3.8) is 0 Å². The van der Waals surface area contributed by atoms with E-state index in [0.717, 1.165) is 48.2 Å². The second-order valence-electron chi connectivity index (χ2n) is 7.92. The number of hydrogen-bond donors (Lipinski definition) is 1. The number of piperazine rings is 1. The second kappa shape index (κ2) is 9.72. The molecule has 1 N–H and O–H groups in total. The maximum absolute atomic E-state index is 12.6. The summed E-state index contributed by atoms with van der Waals surface area (Å²) in [7, 11) is 1.66. The van der Waals surface area contributed by atoms with E-state index < -0.39 is 0 Å². The number of carbonyl (C=O) groups excluding carboxylic acids is 1. The Bertz CT molecular complexity index is 1040. The summed E-state index contributed by atoms with van der Waals surface area (Å²) in [5.74, 6) is 1.65. The summed E-state index contributed by atoms with van der Waals surface area (Å²) in [6.07, 6.45) is 2.57. The van der Waals surface area contributed by atoms with Crippen LogP contribution < -0.4 is 15.0 Å². The van der Waals surface area contributed by atoms with Gasteiger partial charge in [0, 0.05) is 38.9 Å². The van der Waals surface area contributed by atoms with Crippen LogP contribution in [0, 0.1) is 13.8 Å². The highest BCUT2D eigenvalue weighted by Crippen LogP contribution is 2.27. The van der Waals surface area contributed by atoms with Crippen LogP contribution in [-0.4, -0.2) is 65.5 Å². The Kier molecular flexibility index (Phi) is 6.58. The molecule has 8 nitrogen and oxygen atoms in total.